The van der Waals surface area contributed by atoms with Gasteiger partial charge in [-0.3, -0.25) is 4.79 Å². The van der Waals surface area contributed by atoms with Crippen LogP contribution in [-0.2, 0) is 0 Å². The number of hydrogen-bond donors (Lipinski definition) is 0. The van der Waals surface area contributed by atoms with Crippen molar-refractivity contribution in [3.8, 4) is 6.07 Å². The van der Waals surface area contributed by atoms with E-state index in [-0.39, 0.29) is 16.9 Å². The quantitative estimate of drug-likeness (QED) is 0.671. The second kappa shape index (κ2) is 3.20. The minimum Gasteiger partial charge on any atom is -0.298 e. The Morgan fingerprint density at radius 3 is 2.93 bits per heavy atom. The summed E-state index contributed by atoms with van der Waals surface area (Å²) >= 11 is 1.22. The van der Waals surface area contributed by atoms with Crippen LogP contribution in [-0.4, -0.2) is 6.29 Å². The Morgan fingerprint density at radius 1 is 1.50 bits per heavy atom. The number of nitriles is 1. The molecule has 0 unspecified atom stereocenters. The molecule has 68 valence electrons. The molecule has 0 radical (unpaired) electrons. The van der Waals surface area contributed by atoms with Crippen molar-refractivity contribution in [2.45, 2.75) is 0 Å². The number of halogens is 1. The fraction of sp³-hybridized carbons (Fsp3) is 0. The summed E-state index contributed by atoms with van der Waals surface area (Å²) in [4.78, 5) is 10.6. The molecule has 0 N–H and O–H groups in total. The lowest BCUT2D eigenvalue weighted by Crippen LogP contribution is -1.86. The summed E-state index contributed by atoms with van der Waals surface area (Å²) in [5.41, 5.74) is 0.520. The molecular weight excluding hydrogens is 201 g/mol. The second-order valence-corrected chi connectivity index (χ2v) is 3.66. The van der Waals surface area contributed by atoms with Gasteiger partial charge >= 0.3 is 0 Å². The smallest absolute Gasteiger partial charge is 0.151 e. The van der Waals surface area contributed by atoms with Crippen molar-refractivity contribution >= 4 is 27.7 Å². The maximum atomic E-state index is 13.1. The average molecular weight is 205 g/mol. The van der Waals surface area contributed by atoms with Crippen molar-refractivity contribution in [2.24, 2.45) is 0 Å². The number of aldehydes is 1. The van der Waals surface area contributed by atoms with Crippen LogP contribution < -0.4 is 0 Å². The highest BCUT2D eigenvalue weighted by Crippen LogP contribution is 2.27. The maximum Gasteiger partial charge on any atom is 0.151 e. The molecule has 0 spiro atoms. The molecule has 1 aromatic carbocycles. The van der Waals surface area contributed by atoms with Gasteiger partial charge in [0, 0.05) is 21.0 Å². The molecule has 2 nitrogen and oxygen atoms in total. The van der Waals surface area contributed by atoms with E-state index in [1.54, 1.807) is 0 Å². The number of carbonyl (C=O) groups is 1. The Balaban J connectivity index is 2.86. The molecule has 0 amide bonds. The number of carbonyl (C=O) groups excluding carboxylic acids is 1. The van der Waals surface area contributed by atoms with Gasteiger partial charge in [-0.05, 0) is 12.1 Å². The third-order valence-corrected chi connectivity index (χ3v) is 2.86. The molecule has 0 atom stereocenters. The molecule has 0 aliphatic heterocycles. The summed E-state index contributed by atoms with van der Waals surface area (Å²) in [7, 11) is 0. The first-order valence-electron chi connectivity index (χ1n) is 3.82. The third-order valence-electron chi connectivity index (χ3n) is 1.95. The molecule has 4 heteroatoms. The predicted octanol–water partition coefficient (Wildman–Crippen LogP) is 2.72. The summed E-state index contributed by atoms with van der Waals surface area (Å²) in [5.74, 6) is -0.349. The van der Waals surface area contributed by atoms with Gasteiger partial charge in [0.05, 0.1) is 11.6 Å². The SMILES string of the molecule is N#Cc1cc2scc(F)c2cc1C=O. The van der Waals surface area contributed by atoms with Gasteiger partial charge in [0.1, 0.15) is 5.82 Å². The van der Waals surface area contributed by atoms with Crippen molar-refractivity contribution in [1.29, 1.82) is 5.26 Å². The molecule has 2 rings (SSSR count). The molecule has 0 aliphatic carbocycles. The summed E-state index contributed by atoms with van der Waals surface area (Å²) in [6.45, 7) is 0. The molecule has 2 aromatic rings. The number of fused-ring (bicyclic) bond motifs is 1. The zero-order chi connectivity index (χ0) is 10.1. The molecule has 0 aliphatic rings. The van der Waals surface area contributed by atoms with Gasteiger partial charge in [0.2, 0.25) is 0 Å². The van der Waals surface area contributed by atoms with Crippen molar-refractivity contribution < 1.29 is 9.18 Å². The van der Waals surface area contributed by atoms with Gasteiger partial charge in [-0.25, -0.2) is 4.39 Å². The van der Waals surface area contributed by atoms with Crippen molar-refractivity contribution in [3.63, 3.8) is 0 Å². The van der Waals surface area contributed by atoms with Crippen LogP contribution in [0.5, 0.6) is 0 Å². The number of thiophene rings is 1. The van der Waals surface area contributed by atoms with Crippen molar-refractivity contribution in [2.75, 3.05) is 0 Å². The van der Waals surface area contributed by atoms with E-state index in [1.165, 1.54) is 28.8 Å². The number of rotatable bonds is 1. The standard InChI is InChI=1S/C10H4FNOS/c11-9-5-14-10-2-6(3-12)7(4-13)1-8(9)10/h1-2,4-5H. The van der Waals surface area contributed by atoms with E-state index in [0.29, 0.717) is 16.4 Å². The number of benzene rings is 1. The van der Waals surface area contributed by atoms with Crippen LogP contribution in [0.25, 0.3) is 10.1 Å². The zero-order valence-electron chi connectivity index (χ0n) is 6.95. The topological polar surface area (TPSA) is 40.9 Å². The third kappa shape index (κ3) is 1.19. The lowest BCUT2D eigenvalue weighted by molar-refractivity contribution is 0.112. The van der Waals surface area contributed by atoms with Gasteiger partial charge in [0.15, 0.2) is 6.29 Å². The van der Waals surface area contributed by atoms with E-state index < -0.39 is 0 Å². The van der Waals surface area contributed by atoms with Crippen LogP contribution in [0.4, 0.5) is 4.39 Å². The maximum absolute atomic E-state index is 13.1. The van der Waals surface area contributed by atoms with E-state index in [1.807, 2.05) is 6.07 Å². The Labute approximate surface area is 83.2 Å². The first kappa shape index (κ1) is 8.85. The zero-order valence-corrected chi connectivity index (χ0v) is 7.77. The fourth-order valence-electron chi connectivity index (χ4n) is 1.25. The molecule has 1 heterocycles. The molecule has 0 bridgehead atoms. The Morgan fingerprint density at radius 2 is 2.29 bits per heavy atom. The van der Waals surface area contributed by atoms with Crippen LogP contribution in [0.2, 0.25) is 0 Å². The highest BCUT2D eigenvalue weighted by Gasteiger charge is 2.08. The second-order valence-electron chi connectivity index (χ2n) is 2.75. The summed E-state index contributed by atoms with van der Waals surface area (Å²) in [6.07, 6.45) is 0.565. The number of hydrogen-bond acceptors (Lipinski definition) is 3. The van der Waals surface area contributed by atoms with E-state index >= 15 is 0 Å². The molecule has 14 heavy (non-hydrogen) atoms. The number of nitrogens with zero attached hydrogens (tertiary/aromatic N) is 1. The van der Waals surface area contributed by atoms with Crippen LogP contribution in [0.1, 0.15) is 15.9 Å². The van der Waals surface area contributed by atoms with E-state index in [9.17, 15) is 9.18 Å². The average Bonchev–Trinajstić information content (AvgIpc) is 2.58. The van der Waals surface area contributed by atoms with Gasteiger partial charge in [0.25, 0.3) is 0 Å². The molecule has 0 saturated carbocycles. The summed E-state index contributed by atoms with van der Waals surface area (Å²) in [5, 5.41) is 10.5. The van der Waals surface area contributed by atoms with Gasteiger partial charge in [-0.15, -0.1) is 11.3 Å². The molecule has 0 saturated heterocycles. The normalized spacial score (nSPS) is 10.0. The monoisotopic (exact) mass is 205 g/mol. The first-order valence-corrected chi connectivity index (χ1v) is 4.70. The molecule has 0 fully saturated rings. The Hall–Kier alpha value is -1.73. The van der Waals surface area contributed by atoms with E-state index in [4.69, 9.17) is 5.26 Å². The Bertz CT molecular complexity index is 553. The highest BCUT2D eigenvalue weighted by atomic mass is 32.1. The van der Waals surface area contributed by atoms with Crippen LogP contribution >= 0.6 is 11.3 Å². The van der Waals surface area contributed by atoms with Gasteiger partial charge < -0.3 is 0 Å². The van der Waals surface area contributed by atoms with Gasteiger partial charge in [-0.1, -0.05) is 0 Å². The molecule has 1 aromatic heterocycles. The Kier molecular flexibility index (Phi) is 2.02. The van der Waals surface area contributed by atoms with E-state index in [2.05, 4.69) is 0 Å². The van der Waals surface area contributed by atoms with Gasteiger partial charge in [-0.2, -0.15) is 5.26 Å². The minimum atomic E-state index is -0.349. The van der Waals surface area contributed by atoms with Crippen LogP contribution in [0.3, 0.4) is 0 Å². The summed E-state index contributed by atoms with van der Waals surface area (Å²) < 4.78 is 13.8. The first-order chi connectivity index (χ1) is 6.76. The highest BCUT2D eigenvalue weighted by molar-refractivity contribution is 7.17. The summed E-state index contributed by atoms with van der Waals surface area (Å²) in [6, 6.07) is 4.84. The lowest BCUT2D eigenvalue weighted by atomic mass is 10.1. The van der Waals surface area contributed by atoms with Crippen molar-refractivity contribution in [3.05, 3.63) is 34.5 Å². The largest absolute Gasteiger partial charge is 0.298 e. The minimum absolute atomic E-state index is 0.234. The van der Waals surface area contributed by atoms with E-state index in [0.717, 1.165) is 0 Å². The fourth-order valence-corrected chi connectivity index (χ4v) is 2.08. The van der Waals surface area contributed by atoms with Crippen LogP contribution in [0, 0.1) is 17.1 Å². The van der Waals surface area contributed by atoms with Crippen LogP contribution in [0.15, 0.2) is 17.5 Å². The molecular formula is C10H4FNOS. The lowest BCUT2D eigenvalue weighted by Gasteiger charge is -1.95. The predicted molar refractivity (Wildman–Crippen MR) is 51.9 cm³/mol. The van der Waals surface area contributed by atoms with Crippen molar-refractivity contribution in [1.82, 2.24) is 0 Å².